The Morgan fingerprint density at radius 2 is 2.00 bits per heavy atom. The van der Waals surface area contributed by atoms with E-state index in [9.17, 15) is 9.32 Å². The van der Waals surface area contributed by atoms with Gasteiger partial charge in [0.05, 0.1) is 12.5 Å². The first-order valence-corrected chi connectivity index (χ1v) is 8.81. The van der Waals surface area contributed by atoms with Gasteiger partial charge in [0, 0.05) is 17.6 Å². The maximum absolute atomic E-state index is 12.3. The lowest BCUT2D eigenvalue weighted by molar-refractivity contribution is -0.151. The molecular formula is C20H24FNO3. The highest BCUT2D eigenvalue weighted by Crippen LogP contribution is 2.27. The molecule has 1 saturated heterocycles. The van der Waals surface area contributed by atoms with E-state index in [1.54, 1.807) is 12.1 Å². The molecular weight excluding hydrogens is 321 g/mol. The number of hydrogen-bond acceptors (Lipinski definition) is 4. The van der Waals surface area contributed by atoms with Crippen LogP contribution >= 0.6 is 0 Å². The highest BCUT2D eigenvalue weighted by atomic mass is 19.3. The Bertz CT molecular complexity index is 749. The fourth-order valence-corrected chi connectivity index (χ4v) is 3.65. The number of halogens is 1. The second kappa shape index (κ2) is 7.83. The predicted octanol–water partition coefficient (Wildman–Crippen LogP) is 4.12. The molecule has 1 heterocycles. The quantitative estimate of drug-likeness (QED) is 0.764. The minimum Gasteiger partial charge on any atom is -0.466 e. The molecule has 134 valence electrons. The molecule has 2 aromatic carbocycles. The van der Waals surface area contributed by atoms with Crippen LogP contribution in [-0.4, -0.2) is 30.6 Å². The largest absolute Gasteiger partial charge is 0.466 e. The number of ether oxygens (including phenoxy) is 1. The molecule has 2 aromatic rings. The van der Waals surface area contributed by atoms with E-state index in [1.165, 1.54) is 5.56 Å². The summed E-state index contributed by atoms with van der Waals surface area (Å²) in [4.78, 5) is 18.2. The highest BCUT2D eigenvalue weighted by Gasteiger charge is 2.32. The van der Waals surface area contributed by atoms with E-state index >= 15 is 0 Å². The fraction of sp³-hybridized carbons (Fsp3) is 0.450. The lowest BCUT2D eigenvalue weighted by Gasteiger charge is -2.35. The summed E-state index contributed by atoms with van der Waals surface area (Å²) in [6.45, 7) is 7.03. The lowest BCUT2D eigenvalue weighted by Crippen LogP contribution is -2.42. The van der Waals surface area contributed by atoms with E-state index in [0.717, 1.165) is 36.8 Å². The van der Waals surface area contributed by atoms with Crippen LogP contribution in [0.25, 0.3) is 10.8 Å². The average Bonchev–Trinajstić information content (AvgIpc) is 2.61. The van der Waals surface area contributed by atoms with E-state index in [1.807, 2.05) is 19.1 Å². The van der Waals surface area contributed by atoms with Gasteiger partial charge in [-0.3, -0.25) is 14.6 Å². The number of benzene rings is 2. The number of carbonyl (C=O) groups excluding carboxylic acids is 1. The van der Waals surface area contributed by atoms with Gasteiger partial charge in [-0.25, -0.2) is 0 Å². The Kier molecular flexibility index (Phi) is 5.53. The third-order valence-corrected chi connectivity index (χ3v) is 4.95. The Morgan fingerprint density at radius 1 is 1.24 bits per heavy atom. The van der Waals surface area contributed by atoms with Gasteiger partial charge >= 0.3 is 5.97 Å². The van der Waals surface area contributed by atoms with Gasteiger partial charge in [-0.05, 0) is 60.3 Å². The molecule has 0 N–H and O–H groups in total. The summed E-state index contributed by atoms with van der Waals surface area (Å²) in [5.41, 5.74) is 1.21. The van der Waals surface area contributed by atoms with E-state index in [2.05, 4.69) is 28.9 Å². The molecule has 0 bridgehead atoms. The third-order valence-electron chi connectivity index (χ3n) is 4.95. The number of esters is 1. The number of hydrogen-bond donors (Lipinski definition) is 0. The zero-order valence-corrected chi connectivity index (χ0v) is 14.7. The van der Waals surface area contributed by atoms with Crippen LogP contribution < -0.4 is 4.94 Å². The van der Waals surface area contributed by atoms with Gasteiger partial charge in [0.2, 0.25) is 0 Å². The van der Waals surface area contributed by atoms with Crippen molar-refractivity contribution in [1.29, 1.82) is 0 Å². The van der Waals surface area contributed by atoms with Crippen LogP contribution in [0.5, 0.6) is 5.75 Å². The molecule has 0 aliphatic carbocycles. The smallest absolute Gasteiger partial charge is 0.309 e. The van der Waals surface area contributed by atoms with Crippen molar-refractivity contribution in [3.05, 3.63) is 42.0 Å². The lowest BCUT2D eigenvalue weighted by atomic mass is 9.86. The molecule has 1 fully saturated rings. The number of piperidine rings is 1. The molecule has 25 heavy (non-hydrogen) atoms. The molecule has 0 spiro atoms. The summed E-state index contributed by atoms with van der Waals surface area (Å²) in [6, 6.07) is 11.3. The SMILES string of the molecule is CCOC(=O)C1CCN(Cc2ccc3cc(OF)ccc3c2)CC1C. The first kappa shape index (κ1) is 17.7. The summed E-state index contributed by atoms with van der Waals surface area (Å²) in [7, 11) is 0. The molecule has 4 nitrogen and oxygen atoms in total. The van der Waals surface area contributed by atoms with Gasteiger partial charge in [0.25, 0.3) is 0 Å². The van der Waals surface area contributed by atoms with Gasteiger partial charge in [-0.2, -0.15) is 0 Å². The molecule has 0 saturated carbocycles. The second-order valence-electron chi connectivity index (χ2n) is 6.78. The van der Waals surface area contributed by atoms with Crippen molar-refractivity contribution in [1.82, 2.24) is 4.90 Å². The summed E-state index contributed by atoms with van der Waals surface area (Å²) in [5, 5.41) is 2.01. The van der Waals surface area contributed by atoms with Crippen molar-refractivity contribution in [2.45, 2.75) is 26.8 Å². The summed E-state index contributed by atoms with van der Waals surface area (Å²) in [5.74, 6) is 0.450. The number of carbonyl (C=O) groups is 1. The maximum Gasteiger partial charge on any atom is 0.309 e. The monoisotopic (exact) mass is 345 g/mol. The Hall–Kier alpha value is -2.14. The van der Waals surface area contributed by atoms with Crippen molar-refractivity contribution in [2.75, 3.05) is 19.7 Å². The Labute approximate surface area is 147 Å². The minimum absolute atomic E-state index is 0.00641. The van der Waals surface area contributed by atoms with Gasteiger partial charge < -0.3 is 4.74 Å². The molecule has 5 heteroatoms. The summed E-state index contributed by atoms with van der Waals surface area (Å²) >= 11 is 0. The highest BCUT2D eigenvalue weighted by molar-refractivity contribution is 5.84. The predicted molar refractivity (Wildman–Crippen MR) is 94.9 cm³/mol. The zero-order valence-electron chi connectivity index (χ0n) is 14.7. The topological polar surface area (TPSA) is 38.8 Å². The third kappa shape index (κ3) is 4.10. The van der Waals surface area contributed by atoms with Crippen molar-refractivity contribution >= 4 is 16.7 Å². The average molecular weight is 345 g/mol. The zero-order chi connectivity index (χ0) is 17.8. The molecule has 1 aliphatic heterocycles. The first-order chi connectivity index (χ1) is 12.1. The van der Waals surface area contributed by atoms with Crippen LogP contribution in [0, 0.1) is 11.8 Å². The van der Waals surface area contributed by atoms with E-state index < -0.39 is 0 Å². The van der Waals surface area contributed by atoms with Gasteiger partial charge in [0.15, 0.2) is 5.75 Å². The molecule has 0 radical (unpaired) electrons. The molecule has 2 unspecified atom stereocenters. The number of rotatable bonds is 5. The van der Waals surface area contributed by atoms with Crippen LogP contribution in [0.15, 0.2) is 36.4 Å². The van der Waals surface area contributed by atoms with Crippen LogP contribution in [0.1, 0.15) is 25.8 Å². The fourth-order valence-electron chi connectivity index (χ4n) is 3.65. The molecule has 2 atom stereocenters. The molecule has 1 aliphatic rings. The molecule has 0 aromatic heterocycles. The first-order valence-electron chi connectivity index (χ1n) is 8.81. The second-order valence-corrected chi connectivity index (χ2v) is 6.78. The molecule has 0 amide bonds. The summed E-state index contributed by atoms with van der Waals surface area (Å²) < 4.78 is 17.5. The van der Waals surface area contributed by atoms with E-state index in [0.29, 0.717) is 6.61 Å². The van der Waals surface area contributed by atoms with Crippen molar-refractivity contribution < 1.29 is 19.0 Å². The number of likely N-dealkylation sites (tertiary alicyclic amines) is 1. The molecule has 3 rings (SSSR count). The van der Waals surface area contributed by atoms with Crippen molar-refractivity contribution in [2.24, 2.45) is 11.8 Å². The number of nitrogens with zero attached hydrogens (tertiary/aromatic N) is 1. The Morgan fingerprint density at radius 3 is 2.72 bits per heavy atom. The van der Waals surface area contributed by atoms with Crippen LogP contribution in [0.2, 0.25) is 0 Å². The van der Waals surface area contributed by atoms with E-state index in [4.69, 9.17) is 4.74 Å². The van der Waals surface area contributed by atoms with E-state index in [-0.39, 0.29) is 23.6 Å². The standard InChI is InChI=1S/C20H24FNO3/c1-3-24-20(23)19-8-9-22(12-14(19)2)13-15-4-5-17-11-18(25-21)7-6-16(17)10-15/h4-7,10-11,14,19H,3,8-9,12-13H2,1-2H3. The van der Waals surface area contributed by atoms with Crippen LogP contribution in [-0.2, 0) is 16.1 Å². The van der Waals surface area contributed by atoms with Crippen molar-refractivity contribution in [3.63, 3.8) is 0 Å². The maximum atomic E-state index is 12.3. The van der Waals surface area contributed by atoms with Crippen molar-refractivity contribution in [3.8, 4) is 5.75 Å². The Balaban J connectivity index is 1.65. The van der Waals surface area contributed by atoms with Gasteiger partial charge in [0.1, 0.15) is 0 Å². The van der Waals surface area contributed by atoms with Crippen LogP contribution in [0.3, 0.4) is 0 Å². The van der Waals surface area contributed by atoms with Crippen LogP contribution in [0.4, 0.5) is 4.53 Å². The van der Waals surface area contributed by atoms with Gasteiger partial charge in [-0.1, -0.05) is 25.1 Å². The minimum atomic E-state index is -0.0637. The number of fused-ring (bicyclic) bond motifs is 1. The van der Waals surface area contributed by atoms with Gasteiger partial charge in [-0.15, -0.1) is 0 Å². The summed E-state index contributed by atoms with van der Waals surface area (Å²) in [6.07, 6.45) is 0.838. The normalized spacial score (nSPS) is 21.2.